The highest BCUT2D eigenvalue weighted by molar-refractivity contribution is 5.98. The molecule has 0 unspecified atom stereocenters. The van der Waals surface area contributed by atoms with Gasteiger partial charge in [-0.25, -0.2) is 13.8 Å². The number of aryl methyl sites for hydroxylation is 1. The highest BCUT2D eigenvalue weighted by Crippen LogP contribution is 2.21. The third kappa shape index (κ3) is 5.35. The zero-order chi connectivity index (χ0) is 18.4. The van der Waals surface area contributed by atoms with Gasteiger partial charge in [0.25, 0.3) is 5.91 Å². The van der Waals surface area contributed by atoms with Crippen molar-refractivity contribution in [2.24, 2.45) is 11.5 Å². The Morgan fingerprint density at radius 3 is 2.72 bits per heavy atom. The van der Waals surface area contributed by atoms with E-state index >= 15 is 0 Å². The molecule has 6 N–H and O–H groups in total. The van der Waals surface area contributed by atoms with Crippen molar-refractivity contribution in [2.45, 2.75) is 25.8 Å². The maximum atomic E-state index is 12.5. The van der Waals surface area contributed by atoms with E-state index in [1.807, 2.05) is 25.1 Å². The molecule has 1 amide bonds. The fourth-order valence-electron chi connectivity index (χ4n) is 2.20. The van der Waals surface area contributed by atoms with E-state index in [-0.39, 0.29) is 23.9 Å². The zero-order valence-corrected chi connectivity index (χ0v) is 13.7. The van der Waals surface area contributed by atoms with E-state index in [0.29, 0.717) is 5.69 Å². The quantitative estimate of drug-likeness (QED) is 0.578. The molecule has 1 atom stereocenters. The van der Waals surface area contributed by atoms with Gasteiger partial charge in [0, 0.05) is 30.9 Å². The summed E-state index contributed by atoms with van der Waals surface area (Å²) in [5, 5.41) is 5.74. The number of nitrogens with zero attached hydrogens (tertiary/aromatic N) is 2. The number of rotatable bonds is 8. The number of hydrogen-bond acceptors (Lipinski definition) is 6. The van der Waals surface area contributed by atoms with E-state index in [1.54, 1.807) is 6.07 Å². The van der Waals surface area contributed by atoms with Crippen LogP contribution < -0.4 is 22.1 Å². The van der Waals surface area contributed by atoms with Crippen molar-refractivity contribution in [3.63, 3.8) is 0 Å². The van der Waals surface area contributed by atoms with Crippen LogP contribution in [-0.2, 0) is 0 Å². The Morgan fingerprint density at radius 2 is 2.12 bits per heavy atom. The highest BCUT2D eigenvalue weighted by atomic mass is 19.3. The van der Waals surface area contributed by atoms with Crippen LogP contribution in [0, 0.1) is 6.92 Å². The molecular weight excluding hydrogens is 330 g/mol. The number of anilines is 3. The summed E-state index contributed by atoms with van der Waals surface area (Å²) < 4.78 is 25.1. The Bertz CT molecular complexity index is 740. The summed E-state index contributed by atoms with van der Waals surface area (Å²) in [5.74, 6) is -0.440. The number of nitrogens with two attached hydrogens (primary N) is 2. The molecule has 0 saturated heterocycles. The first-order valence-corrected chi connectivity index (χ1v) is 7.64. The first kappa shape index (κ1) is 18.5. The van der Waals surface area contributed by atoms with Crippen molar-refractivity contribution in [1.82, 2.24) is 9.97 Å². The fraction of sp³-hybridized carbons (Fsp3) is 0.312. The lowest BCUT2D eigenvalue weighted by Crippen LogP contribution is -2.31. The molecule has 0 aliphatic carbocycles. The summed E-state index contributed by atoms with van der Waals surface area (Å²) in [4.78, 5) is 19.7. The van der Waals surface area contributed by atoms with Gasteiger partial charge in [-0.15, -0.1) is 0 Å². The maximum absolute atomic E-state index is 12.5. The minimum Gasteiger partial charge on any atom is -0.365 e. The zero-order valence-electron chi connectivity index (χ0n) is 13.7. The smallest absolute Gasteiger partial charge is 0.254 e. The number of nitrogens with one attached hydrogen (secondary N) is 2. The third-order valence-electron chi connectivity index (χ3n) is 3.42. The number of hydrogen-bond donors (Lipinski definition) is 4. The summed E-state index contributed by atoms with van der Waals surface area (Å²) >= 11 is 0. The number of aromatic nitrogens is 2. The Kier molecular flexibility index (Phi) is 6.18. The van der Waals surface area contributed by atoms with Crippen LogP contribution in [0.25, 0.3) is 0 Å². The van der Waals surface area contributed by atoms with Crippen LogP contribution in [0.15, 0.2) is 30.5 Å². The molecule has 1 aromatic carbocycles. The average Bonchev–Trinajstić information content (AvgIpc) is 2.53. The molecule has 0 bridgehead atoms. The molecule has 7 nitrogen and oxygen atoms in total. The number of benzene rings is 1. The van der Waals surface area contributed by atoms with E-state index in [2.05, 4.69) is 20.6 Å². The molecule has 0 spiro atoms. The minimum atomic E-state index is -2.50. The number of carbonyl (C=O) groups is 1. The second-order valence-electron chi connectivity index (χ2n) is 5.52. The van der Waals surface area contributed by atoms with Crippen LogP contribution in [0.4, 0.5) is 26.2 Å². The monoisotopic (exact) mass is 350 g/mol. The van der Waals surface area contributed by atoms with Crippen LogP contribution >= 0.6 is 0 Å². The minimum absolute atomic E-state index is 0.00802. The molecule has 0 radical (unpaired) electrons. The molecule has 1 heterocycles. The average molecular weight is 350 g/mol. The van der Waals surface area contributed by atoms with Crippen LogP contribution in [-0.4, -0.2) is 34.9 Å². The van der Waals surface area contributed by atoms with E-state index in [0.717, 1.165) is 5.56 Å². The topological polar surface area (TPSA) is 119 Å². The van der Waals surface area contributed by atoms with Gasteiger partial charge in [0.1, 0.15) is 11.4 Å². The molecule has 0 saturated carbocycles. The summed E-state index contributed by atoms with van der Waals surface area (Å²) in [6.07, 6.45) is -1.69. The third-order valence-corrected chi connectivity index (χ3v) is 3.42. The summed E-state index contributed by atoms with van der Waals surface area (Å²) in [5.41, 5.74) is 12.6. The van der Waals surface area contributed by atoms with E-state index in [1.165, 1.54) is 6.20 Å². The Hall–Kier alpha value is -2.81. The van der Waals surface area contributed by atoms with E-state index < -0.39 is 24.8 Å². The number of carbonyl (C=O) groups excluding carboxylic acids is 1. The van der Waals surface area contributed by atoms with Crippen LogP contribution in [0.5, 0.6) is 0 Å². The summed E-state index contributed by atoms with van der Waals surface area (Å²) in [6.45, 7) is 1.91. The normalized spacial score (nSPS) is 12.0. The van der Waals surface area contributed by atoms with Crippen molar-refractivity contribution in [2.75, 3.05) is 17.2 Å². The van der Waals surface area contributed by atoms with Gasteiger partial charge >= 0.3 is 0 Å². The standard InChI is InChI=1S/C16H20F2N6O/c1-9-3-2-4-10(5-9)22-15-12(14(20)25)8-21-16(24-15)23-11(7-19)6-13(17)18/h2-5,8,11,13H,6-7,19H2,1H3,(H2,20,25)(H2,21,22,23,24)/t11-/m1/s1. The number of alkyl halides is 2. The van der Waals surface area contributed by atoms with Crippen LogP contribution in [0.2, 0.25) is 0 Å². The van der Waals surface area contributed by atoms with E-state index in [4.69, 9.17) is 11.5 Å². The number of amides is 1. The number of halogens is 2. The number of primary amides is 1. The molecular formula is C16H20F2N6O. The first-order chi connectivity index (χ1) is 11.9. The van der Waals surface area contributed by atoms with Gasteiger partial charge < -0.3 is 22.1 Å². The van der Waals surface area contributed by atoms with Gasteiger partial charge in [0.15, 0.2) is 0 Å². The van der Waals surface area contributed by atoms with Crippen LogP contribution in [0.1, 0.15) is 22.3 Å². The van der Waals surface area contributed by atoms with Crippen molar-refractivity contribution in [3.8, 4) is 0 Å². The van der Waals surface area contributed by atoms with Crippen molar-refractivity contribution in [1.29, 1.82) is 0 Å². The van der Waals surface area contributed by atoms with Gasteiger partial charge in [-0.3, -0.25) is 4.79 Å². The SMILES string of the molecule is Cc1cccc(Nc2nc(N[C@@H](CN)CC(F)F)ncc2C(N)=O)c1. The Labute approximate surface area is 143 Å². The predicted octanol–water partition coefficient (Wildman–Crippen LogP) is 2.02. The van der Waals surface area contributed by atoms with Crippen molar-refractivity contribution >= 4 is 23.4 Å². The van der Waals surface area contributed by atoms with Crippen molar-refractivity contribution < 1.29 is 13.6 Å². The molecule has 1 aromatic heterocycles. The maximum Gasteiger partial charge on any atom is 0.254 e. The summed E-state index contributed by atoms with van der Waals surface area (Å²) in [7, 11) is 0. The van der Waals surface area contributed by atoms with Gasteiger partial charge in [-0.05, 0) is 24.6 Å². The Morgan fingerprint density at radius 1 is 1.36 bits per heavy atom. The molecule has 2 aromatic rings. The highest BCUT2D eigenvalue weighted by Gasteiger charge is 2.17. The van der Waals surface area contributed by atoms with Gasteiger partial charge in [-0.1, -0.05) is 12.1 Å². The molecule has 0 aliphatic rings. The predicted molar refractivity (Wildman–Crippen MR) is 92.1 cm³/mol. The molecule has 0 fully saturated rings. The van der Waals surface area contributed by atoms with Gasteiger partial charge in [0.2, 0.25) is 12.4 Å². The molecule has 134 valence electrons. The lowest BCUT2D eigenvalue weighted by molar-refractivity contribution is 0.100. The van der Waals surface area contributed by atoms with Crippen molar-refractivity contribution in [3.05, 3.63) is 41.6 Å². The first-order valence-electron chi connectivity index (χ1n) is 7.64. The second kappa shape index (κ2) is 8.34. The van der Waals surface area contributed by atoms with Crippen LogP contribution in [0.3, 0.4) is 0 Å². The van der Waals surface area contributed by atoms with Gasteiger partial charge in [-0.2, -0.15) is 4.98 Å². The van der Waals surface area contributed by atoms with Gasteiger partial charge in [0.05, 0.1) is 0 Å². The Balaban J connectivity index is 2.28. The molecule has 2 rings (SSSR count). The summed E-state index contributed by atoms with van der Waals surface area (Å²) in [6, 6.07) is 6.73. The molecule has 25 heavy (non-hydrogen) atoms. The lowest BCUT2D eigenvalue weighted by atomic mass is 10.2. The molecule has 0 aliphatic heterocycles. The lowest BCUT2D eigenvalue weighted by Gasteiger charge is -2.17. The second-order valence-corrected chi connectivity index (χ2v) is 5.52. The molecule has 9 heteroatoms. The fourth-order valence-corrected chi connectivity index (χ4v) is 2.20. The van der Waals surface area contributed by atoms with E-state index in [9.17, 15) is 13.6 Å². The largest absolute Gasteiger partial charge is 0.365 e.